The molecule has 0 radical (unpaired) electrons. The van der Waals surface area contributed by atoms with Crippen LogP contribution in [0.25, 0.3) is 11.3 Å². The first-order chi connectivity index (χ1) is 22.4. The molecule has 10 atom stereocenters. The van der Waals surface area contributed by atoms with Gasteiger partial charge in [0.25, 0.3) is 0 Å². The molecule has 1 aliphatic carbocycles. The van der Waals surface area contributed by atoms with Crippen LogP contribution in [0.1, 0.15) is 19.0 Å². The molecule has 0 bridgehead atoms. The van der Waals surface area contributed by atoms with Gasteiger partial charge in [-0.05, 0) is 18.6 Å². The molecule has 1 saturated heterocycles. The molecule has 2 fully saturated rings. The molecule has 1 aromatic carbocycles. The second kappa shape index (κ2) is 15.2. The van der Waals surface area contributed by atoms with Gasteiger partial charge in [0.1, 0.15) is 42.8 Å². The Bertz CT molecular complexity index is 1520. The Labute approximate surface area is 273 Å². The second-order valence-electron chi connectivity index (χ2n) is 11.5. The summed E-state index contributed by atoms with van der Waals surface area (Å²) in [7, 11) is 0. The normalized spacial score (nSPS) is 31.0. The van der Waals surface area contributed by atoms with Crippen LogP contribution in [-0.4, -0.2) is 115 Å². The number of carbonyl (C=O) groups is 2. The molecule has 1 saturated carbocycles. The third-order valence-corrected chi connectivity index (χ3v) is 8.64. The molecule has 47 heavy (non-hydrogen) atoms. The fourth-order valence-corrected chi connectivity index (χ4v) is 6.23. The molecule has 13 N–H and O–H groups in total. The summed E-state index contributed by atoms with van der Waals surface area (Å²) in [5.74, 6) is -0.569. The van der Waals surface area contributed by atoms with E-state index in [9.17, 15) is 24.9 Å². The first kappa shape index (κ1) is 34.9. The van der Waals surface area contributed by atoms with Crippen LogP contribution in [0.15, 0.2) is 35.8 Å². The predicted octanol–water partition coefficient (Wildman–Crippen LogP) is -2.58. The number of nitrogens with zero attached hydrogens (tertiary/aromatic N) is 4. The molecule has 0 spiro atoms. The Hall–Kier alpha value is -3.47. The minimum Gasteiger partial charge on any atom is -0.389 e. The molecule has 5 rings (SSSR count). The van der Waals surface area contributed by atoms with Crippen molar-refractivity contribution in [2.45, 2.75) is 87.5 Å². The van der Waals surface area contributed by atoms with Gasteiger partial charge in [0.05, 0.1) is 30.6 Å². The van der Waals surface area contributed by atoms with Gasteiger partial charge in [-0.25, -0.2) is 9.67 Å². The minimum atomic E-state index is -1.38. The van der Waals surface area contributed by atoms with E-state index in [1.54, 1.807) is 23.6 Å². The molecular weight excluding hydrogens is 636 g/mol. The third kappa shape index (κ3) is 8.34. The van der Waals surface area contributed by atoms with Crippen LogP contribution in [0.4, 0.5) is 10.8 Å². The maximum absolute atomic E-state index is 12.8. The highest BCUT2D eigenvalue weighted by atomic mass is 32.1. The minimum absolute atomic E-state index is 0.0614. The molecule has 3 aromatic rings. The van der Waals surface area contributed by atoms with Gasteiger partial charge in [-0.1, -0.05) is 17.3 Å². The Kier molecular flexibility index (Phi) is 11.3. The molecule has 2 aromatic heterocycles. The fraction of sp³-hybridized carbons (Fsp3) is 0.536. The molecule has 0 unspecified atom stereocenters. The van der Waals surface area contributed by atoms with E-state index in [1.165, 1.54) is 29.1 Å². The number of ether oxygens (including phenoxy) is 3. The van der Waals surface area contributed by atoms with E-state index in [0.29, 0.717) is 22.2 Å². The van der Waals surface area contributed by atoms with E-state index in [-0.39, 0.29) is 37.9 Å². The molecular formula is C28H40N10O8S. The van der Waals surface area contributed by atoms with Gasteiger partial charge in [0.15, 0.2) is 11.4 Å². The van der Waals surface area contributed by atoms with Crippen LogP contribution in [0, 0.1) is 0 Å². The highest BCUT2D eigenvalue weighted by Crippen LogP contribution is 2.29. The highest BCUT2D eigenvalue weighted by Gasteiger charge is 2.48. The average molecular weight is 677 g/mol. The molecule has 2 amide bonds. The van der Waals surface area contributed by atoms with E-state index in [1.807, 2.05) is 6.07 Å². The van der Waals surface area contributed by atoms with Gasteiger partial charge in [-0.15, -0.1) is 16.4 Å². The van der Waals surface area contributed by atoms with Crippen molar-refractivity contribution in [1.82, 2.24) is 20.0 Å². The van der Waals surface area contributed by atoms with Crippen molar-refractivity contribution in [1.29, 1.82) is 0 Å². The summed E-state index contributed by atoms with van der Waals surface area (Å²) in [6.07, 6.45) is -6.25. The Morgan fingerprint density at radius 2 is 1.89 bits per heavy atom. The number of aliphatic hydroxyl groups excluding tert-OH is 3. The lowest BCUT2D eigenvalue weighted by Crippen LogP contribution is -2.67. The Balaban J connectivity index is 1.13. The van der Waals surface area contributed by atoms with Crippen LogP contribution < -0.4 is 33.6 Å². The van der Waals surface area contributed by atoms with E-state index < -0.39 is 61.0 Å². The summed E-state index contributed by atoms with van der Waals surface area (Å²) in [4.78, 5) is 28.4. The number of nitrogens with one attached hydrogen (secondary N) is 2. The number of hydrogen-bond acceptors (Lipinski definition) is 16. The number of aliphatic hydroxyl groups is 3. The van der Waals surface area contributed by atoms with Gasteiger partial charge in [0.2, 0.25) is 11.8 Å². The molecule has 19 heteroatoms. The van der Waals surface area contributed by atoms with Crippen LogP contribution >= 0.6 is 11.3 Å². The van der Waals surface area contributed by atoms with Crippen molar-refractivity contribution >= 4 is 34.0 Å². The molecule has 3 heterocycles. The van der Waals surface area contributed by atoms with Crippen molar-refractivity contribution in [2.75, 3.05) is 17.2 Å². The lowest BCUT2D eigenvalue weighted by Gasteiger charge is -2.46. The van der Waals surface area contributed by atoms with Gasteiger partial charge < -0.3 is 63.1 Å². The van der Waals surface area contributed by atoms with Crippen molar-refractivity contribution in [2.24, 2.45) is 22.9 Å². The summed E-state index contributed by atoms with van der Waals surface area (Å²) < 4.78 is 19.0. The summed E-state index contributed by atoms with van der Waals surface area (Å²) in [5.41, 5.74) is 26.4. The van der Waals surface area contributed by atoms with Crippen LogP contribution in [0.2, 0.25) is 0 Å². The van der Waals surface area contributed by atoms with Gasteiger partial charge >= 0.3 is 0 Å². The van der Waals surface area contributed by atoms with Gasteiger partial charge in [-0.3, -0.25) is 9.59 Å². The highest BCUT2D eigenvalue weighted by molar-refractivity contribution is 7.14. The summed E-state index contributed by atoms with van der Waals surface area (Å²) in [6.45, 7) is 1.10. The first-order valence-electron chi connectivity index (χ1n) is 14.9. The number of hydrogen-bond donors (Lipinski definition) is 9. The maximum Gasteiger partial charge on any atom is 0.246 e. The molecule has 18 nitrogen and oxygen atoms in total. The molecule has 2 aliphatic rings. The Morgan fingerprint density at radius 1 is 1.11 bits per heavy atom. The van der Waals surface area contributed by atoms with E-state index in [2.05, 4.69) is 25.9 Å². The van der Waals surface area contributed by atoms with E-state index in [0.717, 1.165) is 5.56 Å². The number of thiazole rings is 1. The quantitative estimate of drug-likeness (QED) is 0.101. The standard InChI is InChI=1S/C28H40N10O8S/c1-12(39)33-28-35-18(11-47-28)13-3-2-4-14(5-13)34-20(40)9-38-8-15(36-37-38)10-44-26-19(7-29)45-27(21(32)23(26)42)46-25-17(31)6-16(30)22(41)24(25)43/h2-5,8,11,16-17,19,21-27,41-43H,6-7,9-10,29-32H2,1H3,(H,34,40)(H,33,35,39)/t16-,17+,19-,21-,22+,23-,24-,25-,26-,27-/m1/s1. The predicted molar refractivity (Wildman–Crippen MR) is 168 cm³/mol. The Morgan fingerprint density at radius 3 is 2.64 bits per heavy atom. The first-order valence-corrected chi connectivity index (χ1v) is 15.8. The number of benzene rings is 1. The third-order valence-electron chi connectivity index (χ3n) is 7.88. The zero-order chi connectivity index (χ0) is 33.8. The van der Waals surface area contributed by atoms with Crippen molar-refractivity contribution in [3.05, 3.63) is 41.5 Å². The van der Waals surface area contributed by atoms with Gasteiger partial charge in [-0.2, -0.15) is 0 Å². The lowest BCUT2D eigenvalue weighted by atomic mass is 9.84. The van der Waals surface area contributed by atoms with Crippen LogP contribution in [0.5, 0.6) is 0 Å². The number of nitrogens with two attached hydrogens (primary N) is 4. The number of amides is 2. The van der Waals surface area contributed by atoms with Crippen molar-refractivity contribution in [3.63, 3.8) is 0 Å². The summed E-state index contributed by atoms with van der Waals surface area (Å²) in [5, 5.41) is 47.4. The van der Waals surface area contributed by atoms with Gasteiger partial charge in [0, 0.05) is 42.2 Å². The molecule has 1 aliphatic heterocycles. The van der Waals surface area contributed by atoms with Crippen molar-refractivity contribution in [3.8, 4) is 11.3 Å². The largest absolute Gasteiger partial charge is 0.389 e. The maximum atomic E-state index is 12.8. The van der Waals surface area contributed by atoms with Crippen molar-refractivity contribution < 1.29 is 39.1 Å². The number of anilines is 2. The smallest absolute Gasteiger partial charge is 0.246 e. The summed E-state index contributed by atoms with van der Waals surface area (Å²) >= 11 is 1.30. The second-order valence-corrected chi connectivity index (χ2v) is 12.4. The number of rotatable bonds is 11. The van der Waals surface area contributed by atoms with Crippen LogP contribution in [-0.2, 0) is 37.0 Å². The average Bonchev–Trinajstić information content (AvgIpc) is 3.68. The van der Waals surface area contributed by atoms with E-state index in [4.69, 9.17) is 37.1 Å². The lowest BCUT2D eigenvalue weighted by molar-refractivity contribution is -0.294. The topological polar surface area (TPSA) is 294 Å². The van der Waals surface area contributed by atoms with E-state index >= 15 is 0 Å². The molecule has 256 valence electrons. The SMILES string of the molecule is CC(=O)Nc1nc(-c2cccc(NC(=O)Cn3cc(CO[C@H]4[C@H](O)[C@@H](N)[C@@H](O[C@H]5[C@H](O)[C@@H](O)[C@H](N)C[C@@H]5N)O[C@@H]4CN)nn3)c2)cs1. The summed E-state index contributed by atoms with van der Waals surface area (Å²) in [6, 6.07) is 4.59. The zero-order valence-electron chi connectivity index (χ0n) is 25.5. The fourth-order valence-electron chi connectivity index (χ4n) is 5.47. The van der Waals surface area contributed by atoms with Crippen LogP contribution in [0.3, 0.4) is 0 Å². The number of aromatic nitrogens is 4. The zero-order valence-corrected chi connectivity index (χ0v) is 26.3. The number of carbonyl (C=O) groups excluding carboxylic acids is 2. The monoisotopic (exact) mass is 676 g/mol.